The maximum absolute atomic E-state index is 5.68. The number of aromatic nitrogens is 3. The first-order valence-electron chi connectivity index (χ1n) is 5.62. The van der Waals surface area contributed by atoms with Crippen LogP contribution < -0.4 is 16.0 Å². The summed E-state index contributed by atoms with van der Waals surface area (Å²) in [6.45, 7) is 1.95. The Balaban J connectivity index is 2.52. The smallest absolute Gasteiger partial charge is 0.161 e. The molecular weight excluding hydrogens is 230 g/mol. The highest BCUT2D eigenvalue weighted by atomic mass is 16.5. The van der Waals surface area contributed by atoms with Crippen molar-refractivity contribution in [2.75, 3.05) is 7.11 Å². The van der Waals surface area contributed by atoms with Gasteiger partial charge in [-0.15, -0.1) is 0 Å². The third kappa shape index (κ3) is 2.07. The lowest BCUT2D eigenvalue weighted by atomic mass is 10.0. The summed E-state index contributed by atoms with van der Waals surface area (Å²) < 4.78 is 7.06. The van der Waals surface area contributed by atoms with E-state index in [1.54, 1.807) is 24.2 Å². The number of ether oxygens (including phenoxy) is 1. The minimum absolute atomic E-state index is 0.207. The number of methoxy groups -OCH3 is 1. The van der Waals surface area contributed by atoms with Crippen LogP contribution >= 0.6 is 0 Å². The van der Waals surface area contributed by atoms with Gasteiger partial charge in [-0.3, -0.25) is 15.5 Å². The fourth-order valence-corrected chi connectivity index (χ4v) is 2.03. The minimum Gasteiger partial charge on any atom is -0.493 e. The molecule has 2 aromatic heterocycles. The van der Waals surface area contributed by atoms with Gasteiger partial charge < -0.3 is 4.74 Å². The van der Waals surface area contributed by atoms with Crippen molar-refractivity contribution < 1.29 is 4.74 Å². The van der Waals surface area contributed by atoms with Gasteiger partial charge in [-0.05, 0) is 18.6 Å². The van der Waals surface area contributed by atoms with E-state index in [1.165, 1.54) is 0 Å². The second kappa shape index (κ2) is 5.16. The minimum atomic E-state index is -0.207. The normalized spacial score (nSPS) is 12.4. The highest BCUT2D eigenvalue weighted by Crippen LogP contribution is 2.29. The summed E-state index contributed by atoms with van der Waals surface area (Å²) in [5.41, 5.74) is 5.59. The number of nitrogens with two attached hydrogens (primary N) is 1. The summed E-state index contributed by atoms with van der Waals surface area (Å²) in [6, 6.07) is 3.66. The zero-order chi connectivity index (χ0) is 13.1. The number of nitrogens with zero attached hydrogens (tertiary/aromatic N) is 3. The van der Waals surface area contributed by atoms with Gasteiger partial charge in [-0.25, -0.2) is 5.43 Å². The third-order valence-corrected chi connectivity index (χ3v) is 2.97. The molecule has 0 aliphatic rings. The molecular formula is C12H17N5O. The Morgan fingerprint density at radius 3 is 2.89 bits per heavy atom. The Labute approximate surface area is 106 Å². The first kappa shape index (κ1) is 12.5. The number of hydrazine groups is 1. The number of nitrogens with one attached hydrogen (secondary N) is 1. The summed E-state index contributed by atoms with van der Waals surface area (Å²) in [4.78, 5) is 4.28. The molecule has 0 aromatic carbocycles. The van der Waals surface area contributed by atoms with Crippen molar-refractivity contribution in [1.82, 2.24) is 20.2 Å². The molecule has 1 atom stereocenters. The SMILES string of the molecule is COc1cnn(C)c1C(NN)c1cccnc1C. The largest absolute Gasteiger partial charge is 0.493 e. The van der Waals surface area contributed by atoms with E-state index < -0.39 is 0 Å². The zero-order valence-corrected chi connectivity index (χ0v) is 10.7. The van der Waals surface area contributed by atoms with Gasteiger partial charge in [-0.1, -0.05) is 6.07 Å². The van der Waals surface area contributed by atoms with Crippen molar-refractivity contribution in [3.05, 3.63) is 41.5 Å². The Hall–Kier alpha value is -1.92. The lowest BCUT2D eigenvalue weighted by Crippen LogP contribution is -2.31. The Morgan fingerprint density at radius 2 is 2.28 bits per heavy atom. The molecule has 6 heteroatoms. The van der Waals surface area contributed by atoms with E-state index in [-0.39, 0.29) is 6.04 Å². The fraction of sp³-hybridized carbons (Fsp3) is 0.333. The Bertz CT molecular complexity index is 537. The molecule has 0 aliphatic heterocycles. The van der Waals surface area contributed by atoms with Gasteiger partial charge in [0.05, 0.1) is 19.3 Å². The molecule has 6 nitrogen and oxygen atoms in total. The van der Waals surface area contributed by atoms with Gasteiger partial charge in [0.1, 0.15) is 5.69 Å². The van der Waals surface area contributed by atoms with Crippen LogP contribution in [-0.4, -0.2) is 21.9 Å². The highest BCUT2D eigenvalue weighted by Gasteiger charge is 2.22. The molecule has 2 heterocycles. The van der Waals surface area contributed by atoms with E-state index in [0.29, 0.717) is 5.75 Å². The molecule has 2 aromatic rings. The van der Waals surface area contributed by atoms with Crippen LogP contribution in [0.3, 0.4) is 0 Å². The lowest BCUT2D eigenvalue weighted by molar-refractivity contribution is 0.401. The molecule has 96 valence electrons. The van der Waals surface area contributed by atoms with Crippen LogP contribution in [0.4, 0.5) is 0 Å². The molecule has 1 unspecified atom stereocenters. The first-order chi connectivity index (χ1) is 8.69. The predicted molar refractivity (Wildman–Crippen MR) is 67.9 cm³/mol. The summed E-state index contributed by atoms with van der Waals surface area (Å²) in [5, 5.41) is 4.19. The van der Waals surface area contributed by atoms with Crippen LogP contribution in [0, 0.1) is 6.92 Å². The monoisotopic (exact) mass is 247 g/mol. The summed E-state index contributed by atoms with van der Waals surface area (Å²) in [7, 11) is 3.47. The van der Waals surface area contributed by atoms with Gasteiger partial charge in [0, 0.05) is 18.9 Å². The first-order valence-corrected chi connectivity index (χ1v) is 5.62. The maximum atomic E-state index is 5.68. The predicted octanol–water partition coefficient (Wildman–Crippen LogP) is 0.685. The van der Waals surface area contributed by atoms with Gasteiger partial charge in [-0.2, -0.15) is 5.10 Å². The molecule has 0 spiro atoms. The van der Waals surface area contributed by atoms with Crippen molar-refractivity contribution in [3.8, 4) is 5.75 Å². The van der Waals surface area contributed by atoms with Crippen LogP contribution in [0.2, 0.25) is 0 Å². The second-order valence-electron chi connectivity index (χ2n) is 4.00. The van der Waals surface area contributed by atoms with E-state index >= 15 is 0 Å². The molecule has 0 saturated heterocycles. The average molecular weight is 247 g/mol. The molecule has 3 N–H and O–H groups in total. The van der Waals surface area contributed by atoms with Crippen LogP contribution in [0.15, 0.2) is 24.5 Å². The second-order valence-corrected chi connectivity index (χ2v) is 4.00. The molecule has 0 radical (unpaired) electrons. The van der Waals surface area contributed by atoms with E-state index in [4.69, 9.17) is 10.6 Å². The van der Waals surface area contributed by atoms with Crippen LogP contribution in [0.25, 0.3) is 0 Å². The quantitative estimate of drug-likeness (QED) is 0.614. The van der Waals surface area contributed by atoms with Crippen LogP contribution in [0.1, 0.15) is 23.0 Å². The van der Waals surface area contributed by atoms with E-state index in [2.05, 4.69) is 15.5 Å². The molecule has 2 rings (SSSR count). The molecule has 18 heavy (non-hydrogen) atoms. The van der Waals surface area contributed by atoms with Crippen LogP contribution in [0.5, 0.6) is 5.75 Å². The Morgan fingerprint density at radius 1 is 1.50 bits per heavy atom. The van der Waals surface area contributed by atoms with Gasteiger partial charge >= 0.3 is 0 Å². The van der Waals surface area contributed by atoms with E-state index in [0.717, 1.165) is 17.0 Å². The zero-order valence-electron chi connectivity index (χ0n) is 10.7. The number of pyridine rings is 1. The molecule has 0 saturated carbocycles. The van der Waals surface area contributed by atoms with Crippen molar-refractivity contribution >= 4 is 0 Å². The molecule has 0 aliphatic carbocycles. The molecule has 0 fully saturated rings. The fourth-order valence-electron chi connectivity index (χ4n) is 2.03. The lowest BCUT2D eigenvalue weighted by Gasteiger charge is -2.19. The number of rotatable bonds is 4. The van der Waals surface area contributed by atoms with Crippen molar-refractivity contribution in [2.24, 2.45) is 12.9 Å². The standard InChI is InChI=1S/C12H17N5O/c1-8-9(5-4-6-14-8)11(16-13)12-10(18-3)7-15-17(12)2/h4-7,11,16H,13H2,1-3H3. The number of hydrogen-bond acceptors (Lipinski definition) is 5. The third-order valence-electron chi connectivity index (χ3n) is 2.97. The van der Waals surface area contributed by atoms with Crippen molar-refractivity contribution in [3.63, 3.8) is 0 Å². The summed E-state index contributed by atoms with van der Waals surface area (Å²) in [6.07, 6.45) is 3.43. The maximum Gasteiger partial charge on any atom is 0.161 e. The van der Waals surface area contributed by atoms with Gasteiger partial charge in [0.15, 0.2) is 5.75 Å². The molecule has 0 bridgehead atoms. The van der Waals surface area contributed by atoms with Crippen molar-refractivity contribution in [2.45, 2.75) is 13.0 Å². The average Bonchev–Trinajstić information content (AvgIpc) is 2.74. The van der Waals surface area contributed by atoms with Crippen molar-refractivity contribution in [1.29, 1.82) is 0 Å². The highest BCUT2D eigenvalue weighted by molar-refractivity contribution is 5.37. The molecule has 0 amide bonds. The summed E-state index contributed by atoms with van der Waals surface area (Å²) in [5.74, 6) is 6.38. The van der Waals surface area contributed by atoms with Gasteiger partial charge in [0.2, 0.25) is 0 Å². The van der Waals surface area contributed by atoms with Crippen LogP contribution in [-0.2, 0) is 7.05 Å². The van der Waals surface area contributed by atoms with E-state index in [9.17, 15) is 0 Å². The van der Waals surface area contributed by atoms with E-state index in [1.807, 2.05) is 26.1 Å². The Kier molecular flexibility index (Phi) is 3.59. The van der Waals surface area contributed by atoms with Gasteiger partial charge in [0.25, 0.3) is 0 Å². The number of aryl methyl sites for hydroxylation is 2. The topological polar surface area (TPSA) is 78.0 Å². The number of hydrogen-bond donors (Lipinski definition) is 2. The summed E-state index contributed by atoms with van der Waals surface area (Å²) >= 11 is 0.